The van der Waals surface area contributed by atoms with Crippen molar-refractivity contribution < 1.29 is 29.3 Å². The molecule has 220 valence electrons. The standard InChI is InChI=1S/C34H37FN2O5/c1-22(2)32-31(34(42)36(3)26-12-8-5-9-13-26)30(23-10-6-4-7-11-23)33(24-14-16-25(35)17-15-24)37(32)19-18-27(38)20-28(39)21-29(40)41/h4-17,22,27-28,38-39H,18-21H2,1-3H3,(H,40,41)/t27-,28-/m1/s1. The SMILES string of the molecule is CC(C)c1c(C(=O)N(C)c2ccccc2)c(-c2ccccc2)c(-c2ccc(F)cc2)n1CC[C@@H](O)C[C@@H](O)CC(=O)O. The van der Waals surface area contributed by atoms with E-state index in [1.807, 2.05) is 79.1 Å². The minimum atomic E-state index is -1.18. The zero-order valence-corrected chi connectivity index (χ0v) is 24.1. The summed E-state index contributed by atoms with van der Waals surface area (Å²) >= 11 is 0. The molecular formula is C34H37FN2O5. The van der Waals surface area contributed by atoms with Crippen LogP contribution in [-0.2, 0) is 11.3 Å². The van der Waals surface area contributed by atoms with Crippen molar-refractivity contribution in [3.8, 4) is 22.4 Å². The number of para-hydroxylation sites is 1. The molecule has 0 aliphatic carbocycles. The lowest BCUT2D eigenvalue weighted by molar-refractivity contribution is -0.139. The first-order chi connectivity index (χ1) is 20.1. The average Bonchev–Trinajstić information content (AvgIpc) is 3.31. The highest BCUT2D eigenvalue weighted by Crippen LogP contribution is 2.43. The molecule has 0 aliphatic rings. The number of carbonyl (C=O) groups is 2. The van der Waals surface area contributed by atoms with Crippen molar-refractivity contribution in [3.63, 3.8) is 0 Å². The summed E-state index contributed by atoms with van der Waals surface area (Å²) in [7, 11) is 1.74. The fourth-order valence-electron chi connectivity index (χ4n) is 5.41. The second-order valence-corrected chi connectivity index (χ2v) is 10.8. The normalized spacial score (nSPS) is 12.7. The lowest BCUT2D eigenvalue weighted by Gasteiger charge is -2.21. The number of aliphatic hydroxyl groups excluding tert-OH is 2. The number of carbonyl (C=O) groups excluding carboxylic acids is 1. The number of nitrogens with zero attached hydrogens (tertiary/aromatic N) is 2. The first-order valence-electron chi connectivity index (χ1n) is 14.1. The summed E-state index contributed by atoms with van der Waals surface area (Å²) in [6.45, 7) is 4.28. The van der Waals surface area contributed by atoms with Gasteiger partial charge in [-0.1, -0.05) is 62.4 Å². The lowest BCUT2D eigenvalue weighted by atomic mass is 9.94. The summed E-state index contributed by atoms with van der Waals surface area (Å²) in [5.74, 6) is -1.84. The number of rotatable bonds is 12. The molecule has 0 bridgehead atoms. The quantitative estimate of drug-likeness (QED) is 0.184. The van der Waals surface area contributed by atoms with Crippen molar-refractivity contribution in [1.82, 2.24) is 4.57 Å². The van der Waals surface area contributed by atoms with Crippen LogP contribution in [0.3, 0.4) is 0 Å². The fraction of sp³-hybridized carbons (Fsp3) is 0.294. The molecular weight excluding hydrogens is 535 g/mol. The molecule has 1 heterocycles. The number of carboxylic acids is 1. The number of aliphatic carboxylic acids is 1. The summed E-state index contributed by atoms with van der Waals surface area (Å²) in [5.41, 5.74) is 4.96. The van der Waals surface area contributed by atoms with Gasteiger partial charge in [-0.25, -0.2) is 4.39 Å². The van der Waals surface area contributed by atoms with Crippen LogP contribution in [0, 0.1) is 5.82 Å². The predicted molar refractivity (Wildman–Crippen MR) is 162 cm³/mol. The third kappa shape index (κ3) is 6.95. The van der Waals surface area contributed by atoms with E-state index in [1.54, 1.807) is 24.1 Å². The second kappa shape index (κ2) is 13.6. The summed E-state index contributed by atoms with van der Waals surface area (Å²) < 4.78 is 16.1. The van der Waals surface area contributed by atoms with Gasteiger partial charge in [0.25, 0.3) is 5.91 Å². The van der Waals surface area contributed by atoms with E-state index in [0.29, 0.717) is 22.4 Å². The van der Waals surface area contributed by atoms with Crippen LogP contribution in [0.2, 0.25) is 0 Å². The van der Waals surface area contributed by atoms with E-state index in [2.05, 4.69) is 0 Å². The summed E-state index contributed by atoms with van der Waals surface area (Å²) in [6, 6.07) is 25.1. The predicted octanol–water partition coefficient (Wildman–Crippen LogP) is 6.34. The van der Waals surface area contributed by atoms with Crippen LogP contribution in [0.15, 0.2) is 84.9 Å². The number of carboxylic acid groups (broad SMARTS) is 1. The second-order valence-electron chi connectivity index (χ2n) is 10.8. The molecule has 0 fully saturated rings. The Bertz CT molecular complexity index is 1500. The van der Waals surface area contributed by atoms with Crippen LogP contribution < -0.4 is 4.90 Å². The number of benzene rings is 3. The topological polar surface area (TPSA) is 103 Å². The zero-order chi connectivity index (χ0) is 30.4. The molecule has 0 saturated carbocycles. The smallest absolute Gasteiger partial charge is 0.305 e. The third-order valence-corrected chi connectivity index (χ3v) is 7.33. The van der Waals surface area contributed by atoms with Gasteiger partial charge in [-0.2, -0.15) is 0 Å². The molecule has 0 saturated heterocycles. The van der Waals surface area contributed by atoms with Crippen molar-refractivity contribution >= 4 is 17.6 Å². The molecule has 4 rings (SSSR count). The third-order valence-electron chi connectivity index (χ3n) is 7.33. The van der Waals surface area contributed by atoms with Gasteiger partial charge >= 0.3 is 5.97 Å². The number of aromatic nitrogens is 1. The molecule has 0 spiro atoms. The monoisotopic (exact) mass is 572 g/mol. The molecule has 4 aromatic rings. The molecule has 42 heavy (non-hydrogen) atoms. The van der Waals surface area contributed by atoms with Crippen molar-refractivity contribution in [2.24, 2.45) is 0 Å². The van der Waals surface area contributed by atoms with Crippen LogP contribution in [0.25, 0.3) is 22.4 Å². The number of hydrogen-bond acceptors (Lipinski definition) is 4. The van der Waals surface area contributed by atoms with E-state index in [0.717, 1.165) is 16.9 Å². The van der Waals surface area contributed by atoms with Crippen molar-refractivity contribution in [2.45, 2.75) is 57.8 Å². The maximum absolute atomic E-state index is 14.4. The van der Waals surface area contributed by atoms with Crippen LogP contribution in [0.5, 0.6) is 0 Å². The summed E-state index contributed by atoms with van der Waals surface area (Å²) in [5, 5.41) is 29.9. The Kier molecular flexibility index (Phi) is 9.93. The van der Waals surface area contributed by atoms with Gasteiger partial charge in [-0.15, -0.1) is 0 Å². The lowest BCUT2D eigenvalue weighted by Crippen LogP contribution is -2.28. The van der Waals surface area contributed by atoms with Crippen molar-refractivity contribution in [1.29, 1.82) is 0 Å². The van der Waals surface area contributed by atoms with Crippen LogP contribution in [0.4, 0.5) is 10.1 Å². The van der Waals surface area contributed by atoms with E-state index in [1.165, 1.54) is 12.1 Å². The maximum atomic E-state index is 14.4. The van der Waals surface area contributed by atoms with E-state index < -0.39 is 24.6 Å². The molecule has 0 unspecified atom stereocenters. The first kappa shape index (κ1) is 30.7. The highest BCUT2D eigenvalue weighted by Gasteiger charge is 2.32. The molecule has 2 atom stereocenters. The molecule has 0 radical (unpaired) electrons. The molecule has 3 aromatic carbocycles. The number of anilines is 1. The molecule has 3 N–H and O–H groups in total. The molecule has 1 amide bonds. The van der Waals surface area contributed by atoms with Gasteiger partial charge in [0, 0.05) is 30.5 Å². The largest absolute Gasteiger partial charge is 0.481 e. The van der Waals surface area contributed by atoms with Gasteiger partial charge in [0.05, 0.1) is 29.9 Å². The van der Waals surface area contributed by atoms with E-state index in [9.17, 15) is 24.2 Å². The van der Waals surface area contributed by atoms with Crippen LogP contribution in [-0.4, -0.2) is 51.0 Å². The Balaban J connectivity index is 1.93. The van der Waals surface area contributed by atoms with Gasteiger partial charge in [0.2, 0.25) is 0 Å². The Morgan fingerprint density at radius 1 is 0.857 bits per heavy atom. The molecule has 1 aromatic heterocycles. The minimum Gasteiger partial charge on any atom is -0.481 e. The van der Waals surface area contributed by atoms with Gasteiger partial charge in [-0.05, 0) is 66.3 Å². The van der Waals surface area contributed by atoms with E-state index in [4.69, 9.17) is 5.11 Å². The van der Waals surface area contributed by atoms with E-state index >= 15 is 0 Å². The fourth-order valence-corrected chi connectivity index (χ4v) is 5.41. The molecule has 8 heteroatoms. The van der Waals surface area contributed by atoms with Crippen LogP contribution in [0.1, 0.15) is 55.1 Å². The summed E-state index contributed by atoms with van der Waals surface area (Å²) in [4.78, 5) is 27.0. The Hall–Kier alpha value is -4.27. The van der Waals surface area contributed by atoms with Crippen LogP contribution >= 0.6 is 0 Å². The highest BCUT2D eigenvalue weighted by atomic mass is 19.1. The van der Waals surface area contributed by atoms with Gasteiger partial charge in [0.1, 0.15) is 5.82 Å². The maximum Gasteiger partial charge on any atom is 0.305 e. The number of halogens is 1. The Morgan fingerprint density at radius 3 is 2.02 bits per heavy atom. The van der Waals surface area contributed by atoms with Crippen molar-refractivity contribution in [3.05, 3.63) is 102 Å². The molecule has 0 aliphatic heterocycles. The van der Waals surface area contributed by atoms with Gasteiger partial charge in [0.15, 0.2) is 0 Å². The Labute approximate surface area is 245 Å². The summed E-state index contributed by atoms with van der Waals surface area (Å²) in [6.07, 6.45) is -2.50. The number of hydrogen-bond donors (Lipinski definition) is 3. The van der Waals surface area contributed by atoms with E-state index in [-0.39, 0.29) is 37.0 Å². The molecule has 7 nitrogen and oxygen atoms in total. The zero-order valence-electron chi connectivity index (χ0n) is 24.1. The number of amides is 1. The Morgan fingerprint density at radius 2 is 1.45 bits per heavy atom. The van der Waals surface area contributed by atoms with Gasteiger partial charge < -0.3 is 24.8 Å². The average molecular weight is 573 g/mol. The van der Waals surface area contributed by atoms with Gasteiger partial charge in [-0.3, -0.25) is 9.59 Å². The number of aliphatic hydroxyl groups is 2. The first-order valence-corrected chi connectivity index (χ1v) is 14.1. The minimum absolute atomic E-state index is 0.0927. The van der Waals surface area contributed by atoms with Crippen molar-refractivity contribution in [2.75, 3.05) is 11.9 Å². The highest BCUT2D eigenvalue weighted by molar-refractivity contribution is 6.13.